The second-order valence-corrected chi connectivity index (χ2v) is 9.42. The van der Waals surface area contributed by atoms with E-state index in [2.05, 4.69) is 44.1 Å². The summed E-state index contributed by atoms with van der Waals surface area (Å²) >= 11 is 0. The van der Waals surface area contributed by atoms with Gasteiger partial charge in [-0.2, -0.15) is 0 Å². The number of nitrogens with zero attached hydrogens (tertiary/aromatic N) is 1. The van der Waals surface area contributed by atoms with Crippen LogP contribution >= 0.6 is 0 Å². The normalized spacial score (nSPS) is 15.5. The first-order chi connectivity index (χ1) is 14.5. The van der Waals surface area contributed by atoms with Crippen LogP contribution in [0.2, 0.25) is 0 Å². The number of Topliss-reactive ketones (excluding diaryl/α,β-unsaturated/α-hetero) is 1. The minimum atomic E-state index is -0.225. The molecule has 0 aromatic heterocycles. The monoisotopic (exact) mass is 422 g/mol. The third kappa shape index (κ3) is 4.82. The zero-order chi connectivity index (χ0) is 22.9. The Morgan fingerprint density at radius 3 is 2.52 bits per heavy atom. The van der Waals surface area contributed by atoms with E-state index in [0.717, 1.165) is 25.2 Å². The summed E-state index contributed by atoms with van der Waals surface area (Å²) in [6, 6.07) is 9.20. The number of ether oxygens (including phenoxy) is 1. The summed E-state index contributed by atoms with van der Waals surface area (Å²) in [4.78, 5) is 27.5. The summed E-state index contributed by atoms with van der Waals surface area (Å²) in [6.45, 7) is 13.8. The van der Waals surface area contributed by atoms with Crippen molar-refractivity contribution in [2.45, 2.75) is 66.0 Å². The first-order valence-electron chi connectivity index (χ1n) is 11.0. The van der Waals surface area contributed by atoms with Crippen LogP contribution in [0, 0.1) is 0 Å². The number of rotatable bonds is 6. The number of carbonyl (C=O) groups excluding carboxylic acids is 2. The zero-order valence-electron chi connectivity index (χ0n) is 19.8. The van der Waals surface area contributed by atoms with Gasteiger partial charge >= 0.3 is 0 Å². The van der Waals surface area contributed by atoms with Crippen molar-refractivity contribution in [1.82, 2.24) is 4.90 Å². The minimum absolute atomic E-state index is 0.0530. The quantitative estimate of drug-likeness (QED) is 0.649. The Bertz CT molecular complexity index is 1010. The van der Waals surface area contributed by atoms with E-state index in [9.17, 15) is 9.59 Å². The second-order valence-electron chi connectivity index (χ2n) is 9.42. The van der Waals surface area contributed by atoms with Gasteiger partial charge in [0.1, 0.15) is 5.75 Å². The predicted octanol–water partition coefficient (Wildman–Crippen LogP) is 5.21. The van der Waals surface area contributed by atoms with Gasteiger partial charge in [0.15, 0.2) is 5.78 Å². The van der Waals surface area contributed by atoms with Crippen LogP contribution in [0.25, 0.3) is 0 Å². The van der Waals surface area contributed by atoms with Crippen LogP contribution in [-0.4, -0.2) is 36.3 Å². The molecule has 1 N–H and O–H groups in total. The van der Waals surface area contributed by atoms with Gasteiger partial charge in [-0.3, -0.25) is 9.59 Å². The smallest absolute Gasteiger partial charge is 0.255 e. The second kappa shape index (κ2) is 8.83. The highest BCUT2D eigenvalue weighted by Crippen LogP contribution is 2.37. The van der Waals surface area contributed by atoms with Gasteiger partial charge < -0.3 is 15.0 Å². The van der Waals surface area contributed by atoms with Crippen molar-refractivity contribution in [2.24, 2.45) is 0 Å². The predicted molar refractivity (Wildman–Crippen MR) is 125 cm³/mol. The van der Waals surface area contributed by atoms with Crippen molar-refractivity contribution in [3.05, 3.63) is 58.1 Å². The van der Waals surface area contributed by atoms with Gasteiger partial charge in [-0.05, 0) is 75.2 Å². The highest BCUT2D eigenvalue weighted by Gasteiger charge is 2.32. The average molecular weight is 423 g/mol. The molecule has 0 unspecified atom stereocenters. The number of nitrogens with one attached hydrogen (secondary N) is 1. The largest absolute Gasteiger partial charge is 0.490 e. The molecule has 0 aliphatic carbocycles. The van der Waals surface area contributed by atoms with E-state index in [0.29, 0.717) is 16.9 Å². The summed E-state index contributed by atoms with van der Waals surface area (Å²) in [6.07, 6.45) is 0.783. The number of likely N-dealkylation sites (N-methyl/N-ethyl adjacent to an activating group) is 1. The van der Waals surface area contributed by atoms with Gasteiger partial charge in [-0.15, -0.1) is 0 Å². The Morgan fingerprint density at radius 1 is 1.19 bits per heavy atom. The molecule has 0 atom stereocenters. The van der Waals surface area contributed by atoms with Gasteiger partial charge in [-0.1, -0.05) is 26.8 Å². The average Bonchev–Trinajstić information content (AvgIpc) is 2.66. The first kappa shape index (κ1) is 23.0. The molecule has 0 saturated heterocycles. The van der Waals surface area contributed by atoms with Crippen LogP contribution < -0.4 is 10.1 Å². The molecule has 0 radical (unpaired) electrons. The maximum absolute atomic E-state index is 13.1. The van der Waals surface area contributed by atoms with Crippen LogP contribution in [0.4, 0.5) is 5.69 Å². The summed E-state index contributed by atoms with van der Waals surface area (Å²) in [5.41, 5.74) is 5.61. The number of amides is 1. The van der Waals surface area contributed by atoms with Crippen molar-refractivity contribution >= 4 is 17.4 Å². The molecule has 1 aliphatic rings. The summed E-state index contributed by atoms with van der Waals surface area (Å²) in [5.74, 6) is 0.155. The molecule has 1 amide bonds. The fourth-order valence-electron chi connectivity index (χ4n) is 4.61. The van der Waals surface area contributed by atoms with Crippen molar-refractivity contribution in [1.29, 1.82) is 0 Å². The number of benzene rings is 2. The fraction of sp³-hybridized carbons (Fsp3) is 0.462. The SMILES string of the molecule is CCc1c(NC(=O)c2ccc(OC(C)C)c(C(C)=O)c2)ccc2c1CN(C)CC2(C)C. The number of fused-ring (bicyclic) bond motifs is 1. The highest BCUT2D eigenvalue weighted by atomic mass is 16.5. The van der Waals surface area contributed by atoms with E-state index >= 15 is 0 Å². The third-order valence-electron chi connectivity index (χ3n) is 5.84. The molecule has 1 aliphatic heterocycles. The highest BCUT2D eigenvalue weighted by molar-refractivity contribution is 6.07. The summed E-state index contributed by atoms with van der Waals surface area (Å²) in [7, 11) is 2.14. The molecular formula is C26H34N2O3. The van der Waals surface area contributed by atoms with Crippen molar-refractivity contribution < 1.29 is 14.3 Å². The number of hydrogen-bond acceptors (Lipinski definition) is 4. The minimum Gasteiger partial charge on any atom is -0.490 e. The number of ketones is 1. The van der Waals surface area contributed by atoms with E-state index in [1.165, 1.54) is 23.6 Å². The van der Waals surface area contributed by atoms with Crippen LogP contribution in [0.3, 0.4) is 0 Å². The maximum Gasteiger partial charge on any atom is 0.255 e. The molecule has 5 heteroatoms. The molecule has 2 aromatic carbocycles. The Kier molecular flexibility index (Phi) is 6.56. The summed E-state index contributed by atoms with van der Waals surface area (Å²) < 4.78 is 5.73. The van der Waals surface area contributed by atoms with Crippen molar-refractivity contribution in [3.63, 3.8) is 0 Å². The van der Waals surface area contributed by atoms with E-state index < -0.39 is 0 Å². The van der Waals surface area contributed by atoms with Crippen molar-refractivity contribution in [2.75, 3.05) is 18.9 Å². The van der Waals surface area contributed by atoms with Crippen LogP contribution in [0.1, 0.15) is 78.9 Å². The first-order valence-corrected chi connectivity index (χ1v) is 11.0. The molecule has 5 nitrogen and oxygen atoms in total. The Balaban J connectivity index is 1.95. The van der Waals surface area contributed by atoms with Gasteiger partial charge in [0, 0.05) is 29.8 Å². The number of anilines is 1. The number of carbonyl (C=O) groups is 2. The lowest BCUT2D eigenvalue weighted by molar-refractivity contribution is 0.101. The van der Waals surface area contributed by atoms with Crippen molar-refractivity contribution in [3.8, 4) is 5.75 Å². The van der Waals surface area contributed by atoms with Gasteiger partial charge in [0.25, 0.3) is 5.91 Å². The molecule has 1 heterocycles. The number of hydrogen-bond donors (Lipinski definition) is 1. The van der Waals surface area contributed by atoms with E-state index in [-0.39, 0.29) is 23.2 Å². The maximum atomic E-state index is 13.1. The topological polar surface area (TPSA) is 58.6 Å². The lowest BCUT2D eigenvalue weighted by Gasteiger charge is -2.39. The molecule has 31 heavy (non-hydrogen) atoms. The lowest BCUT2D eigenvalue weighted by atomic mass is 9.76. The third-order valence-corrected chi connectivity index (χ3v) is 5.84. The van der Waals surface area contributed by atoms with Gasteiger partial charge in [0.05, 0.1) is 11.7 Å². The van der Waals surface area contributed by atoms with Crippen LogP contribution in [-0.2, 0) is 18.4 Å². The van der Waals surface area contributed by atoms with Gasteiger partial charge in [0.2, 0.25) is 0 Å². The molecule has 0 spiro atoms. The summed E-state index contributed by atoms with van der Waals surface area (Å²) in [5, 5.41) is 3.09. The van der Waals surface area contributed by atoms with Crippen LogP contribution in [0.5, 0.6) is 5.75 Å². The molecule has 0 fully saturated rings. The molecule has 166 valence electrons. The zero-order valence-corrected chi connectivity index (χ0v) is 19.8. The Hall–Kier alpha value is -2.66. The van der Waals surface area contributed by atoms with E-state index in [4.69, 9.17) is 4.74 Å². The molecule has 0 saturated carbocycles. The van der Waals surface area contributed by atoms with Gasteiger partial charge in [-0.25, -0.2) is 0 Å². The van der Waals surface area contributed by atoms with Crippen LogP contribution in [0.15, 0.2) is 30.3 Å². The molecule has 0 bridgehead atoms. The van der Waals surface area contributed by atoms with E-state index in [1.54, 1.807) is 18.2 Å². The fourth-order valence-corrected chi connectivity index (χ4v) is 4.61. The standard InChI is InChI=1S/C26H34N2O3/c1-8-19-21-14-28(7)15-26(5,6)22(21)10-11-23(19)27-25(30)18-9-12-24(31-16(2)3)20(13-18)17(4)29/h9-13,16H,8,14-15H2,1-7H3,(H,27,30). The molecular weight excluding hydrogens is 388 g/mol. The molecule has 2 aromatic rings. The molecule has 3 rings (SSSR count). The Morgan fingerprint density at radius 2 is 1.90 bits per heavy atom. The Labute approximate surface area is 185 Å². The van der Waals surface area contributed by atoms with E-state index in [1.807, 2.05) is 19.9 Å². The lowest BCUT2D eigenvalue weighted by Crippen LogP contribution is -2.40.